The van der Waals surface area contributed by atoms with Gasteiger partial charge in [-0.25, -0.2) is 9.78 Å². The lowest BCUT2D eigenvalue weighted by atomic mass is 10.1. The SMILES string of the molecule is CCOC(=O)c1nc(Nc2ccc(-c3ccno3)cc2)c2c(C)noc2n1. The van der Waals surface area contributed by atoms with Gasteiger partial charge in [-0.15, -0.1) is 0 Å². The highest BCUT2D eigenvalue weighted by atomic mass is 16.5. The van der Waals surface area contributed by atoms with Gasteiger partial charge in [-0.1, -0.05) is 10.3 Å². The van der Waals surface area contributed by atoms with Gasteiger partial charge in [-0.2, -0.15) is 4.98 Å². The zero-order valence-corrected chi connectivity index (χ0v) is 14.6. The number of rotatable bonds is 5. The van der Waals surface area contributed by atoms with Crippen LogP contribution in [0.4, 0.5) is 11.5 Å². The standard InChI is InChI=1S/C18H15N5O4/c1-3-25-18(24)16-21-15(14-10(2)23-27-17(14)22-16)20-12-6-4-11(5-7-12)13-8-9-19-26-13/h4-9H,3H2,1-2H3,(H,20,21,22). The van der Waals surface area contributed by atoms with E-state index in [-0.39, 0.29) is 18.1 Å². The van der Waals surface area contributed by atoms with Crippen molar-refractivity contribution >= 4 is 28.6 Å². The average Bonchev–Trinajstić information content (AvgIpc) is 3.33. The topological polar surface area (TPSA) is 116 Å². The fraction of sp³-hybridized carbons (Fsp3) is 0.167. The molecule has 0 aliphatic heterocycles. The molecule has 0 unspecified atom stereocenters. The number of esters is 1. The first-order chi connectivity index (χ1) is 13.2. The van der Waals surface area contributed by atoms with Gasteiger partial charge >= 0.3 is 5.97 Å². The van der Waals surface area contributed by atoms with Gasteiger partial charge < -0.3 is 19.1 Å². The van der Waals surface area contributed by atoms with Crippen LogP contribution < -0.4 is 5.32 Å². The van der Waals surface area contributed by atoms with E-state index in [4.69, 9.17) is 13.8 Å². The van der Waals surface area contributed by atoms with Gasteiger partial charge in [-0.05, 0) is 38.1 Å². The summed E-state index contributed by atoms with van der Waals surface area (Å²) < 4.78 is 15.3. The number of carbonyl (C=O) groups is 1. The molecule has 9 nitrogen and oxygen atoms in total. The number of hydrogen-bond donors (Lipinski definition) is 1. The molecule has 0 amide bonds. The van der Waals surface area contributed by atoms with Gasteiger partial charge in [0.25, 0.3) is 5.71 Å². The Labute approximate surface area is 153 Å². The zero-order chi connectivity index (χ0) is 18.8. The van der Waals surface area contributed by atoms with Gasteiger partial charge in [-0.3, -0.25) is 0 Å². The van der Waals surface area contributed by atoms with Crippen LogP contribution >= 0.6 is 0 Å². The van der Waals surface area contributed by atoms with Crippen LogP contribution in [0.25, 0.3) is 22.4 Å². The quantitative estimate of drug-likeness (QED) is 0.530. The van der Waals surface area contributed by atoms with Crippen molar-refractivity contribution in [2.45, 2.75) is 13.8 Å². The summed E-state index contributed by atoms with van der Waals surface area (Å²) >= 11 is 0. The molecule has 0 fully saturated rings. The van der Waals surface area contributed by atoms with E-state index >= 15 is 0 Å². The zero-order valence-electron chi connectivity index (χ0n) is 14.6. The lowest BCUT2D eigenvalue weighted by Crippen LogP contribution is -2.11. The number of anilines is 2. The maximum Gasteiger partial charge on any atom is 0.376 e. The highest BCUT2D eigenvalue weighted by Gasteiger charge is 2.20. The third-order valence-electron chi connectivity index (χ3n) is 3.83. The van der Waals surface area contributed by atoms with Crippen molar-refractivity contribution in [3.05, 3.63) is 48.0 Å². The fourth-order valence-corrected chi connectivity index (χ4v) is 2.59. The number of aromatic nitrogens is 4. The second-order valence-corrected chi connectivity index (χ2v) is 5.64. The molecular formula is C18H15N5O4. The van der Waals surface area contributed by atoms with Crippen LogP contribution in [0.1, 0.15) is 23.2 Å². The molecule has 136 valence electrons. The van der Waals surface area contributed by atoms with Gasteiger partial charge in [0.05, 0.1) is 18.5 Å². The molecule has 3 aromatic heterocycles. The normalized spacial score (nSPS) is 10.9. The van der Waals surface area contributed by atoms with Crippen LogP contribution in [0, 0.1) is 6.92 Å². The van der Waals surface area contributed by atoms with Crippen LogP contribution in [0.5, 0.6) is 0 Å². The number of carbonyl (C=O) groups excluding carboxylic acids is 1. The number of fused-ring (bicyclic) bond motifs is 1. The number of hydrogen-bond acceptors (Lipinski definition) is 9. The van der Waals surface area contributed by atoms with E-state index in [0.717, 1.165) is 11.3 Å². The Balaban J connectivity index is 1.70. The Morgan fingerprint density at radius 1 is 1.15 bits per heavy atom. The molecule has 0 atom stereocenters. The predicted molar refractivity (Wildman–Crippen MR) is 95.5 cm³/mol. The summed E-state index contributed by atoms with van der Waals surface area (Å²) in [6, 6.07) is 9.27. The molecule has 1 N–H and O–H groups in total. The molecule has 27 heavy (non-hydrogen) atoms. The van der Waals surface area contributed by atoms with E-state index in [1.165, 1.54) is 0 Å². The number of benzene rings is 1. The number of nitrogens with one attached hydrogen (secondary N) is 1. The Morgan fingerprint density at radius 3 is 2.67 bits per heavy atom. The monoisotopic (exact) mass is 365 g/mol. The van der Waals surface area contributed by atoms with E-state index in [1.807, 2.05) is 24.3 Å². The lowest BCUT2D eigenvalue weighted by molar-refractivity contribution is 0.0512. The molecule has 4 rings (SSSR count). The van der Waals surface area contributed by atoms with Gasteiger partial charge in [0.15, 0.2) is 5.76 Å². The minimum absolute atomic E-state index is 0.0960. The summed E-state index contributed by atoms with van der Waals surface area (Å²) in [6.07, 6.45) is 1.59. The molecular weight excluding hydrogens is 350 g/mol. The largest absolute Gasteiger partial charge is 0.460 e. The fourth-order valence-electron chi connectivity index (χ4n) is 2.59. The second-order valence-electron chi connectivity index (χ2n) is 5.64. The van der Waals surface area contributed by atoms with Crippen molar-refractivity contribution in [2.75, 3.05) is 11.9 Å². The minimum Gasteiger partial charge on any atom is -0.460 e. The number of nitrogens with zero attached hydrogens (tertiary/aromatic N) is 4. The number of aryl methyl sites for hydroxylation is 1. The van der Waals surface area contributed by atoms with Crippen molar-refractivity contribution in [3.8, 4) is 11.3 Å². The van der Waals surface area contributed by atoms with Crippen molar-refractivity contribution in [3.63, 3.8) is 0 Å². The number of ether oxygens (including phenoxy) is 1. The van der Waals surface area contributed by atoms with Gasteiger partial charge in [0, 0.05) is 17.3 Å². The molecule has 0 saturated carbocycles. The Hall–Kier alpha value is -3.75. The van der Waals surface area contributed by atoms with Crippen molar-refractivity contribution < 1.29 is 18.6 Å². The highest BCUT2D eigenvalue weighted by molar-refractivity contribution is 5.94. The van der Waals surface area contributed by atoms with Crippen LogP contribution in [0.2, 0.25) is 0 Å². The predicted octanol–water partition coefficient (Wildman–Crippen LogP) is 3.50. The van der Waals surface area contributed by atoms with Crippen molar-refractivity contribution in [1.29, 1.82) is 0 Å². The summed E-state index contributed by atoms with van der Waals surface area (Å²) in [5, 5.41) is 11.4. The first-order valence-electron chi connectivity index (χ1n) is 8.25. The Bertz CT molecular complexity index is 1090. The average molecular weight is 365 g/mol. The van der Waals surface area contributed by atoms with Crippen molar-refractivity contribution in [1.82, 2.24) is 20.3 Å². The molecule has 0 aliphatic carbocycles. The summed E-state index contributed by atoms with van der Waals surface area (Å²) in [4.78, 5) is 20.4. The molecule has 0 radical (unpaired) electrons. The van der Waals surface area contributed by atoms with E-state index in [2.05, 4.69) is 25.6 Å². The Morgan fingerprint density at radius 2 is 1.96 bits per heavy atom. The molecule has 0 bridgehead atoms. The molecule has 1 aromatic carbocycles. The van der Waals surface area contributed by atoms with E-state index in [1.54, 1.807) is 26.1 Å². The molecule has 9 heteroatoms. The van der Waals surface area contributed by atoms with Crippen LogP contribution in [0.3, 0.4) is 0 Å². The highest BCUT2D eigenvalue weighted by Crippen LogP contribution is 2.28. The summed E-state index contributed by atoms with van der Waals surface area (Å²) in [7, 11) is 0. The third kappa shape index (κ3) is 3.22. The van der Waals surface area contributed by atoms with Crippen molar-refractivity contribution in [2.24, 2.45) is 0 Å². The maximum atomic E-state index is 12.0. The first-order valence-corrected chi connectivity index (χ1v) is 8.25. The second kappa shape index (κ2) is 6.87. The van der Waals surface area contributed by atoms with Crippen LogP contribution in [-0.2, 0) is 4.74 Å². The lowest BCUT2D eigenvalue weighted by Gasteiger charge is -2.08. The van der Waals surface area contributed by atoms with Gasteiger partial charge in [0.1, 0.15) is 11.2 Å². The van der Waals surface area contributed by atoms with Crippen LogP contribution in [-0.4, -0.2) is 32.9 Å². The Kier molecular flexibility index (Phi) is 4.25. The smallest absolute Gasteiger partial charge is 0.376 e. The van der Waals surface area contributed by atoms with E-state index in [9.17, 15) is 4.79 Å². The van der Waals surface area contributed by atoms with E-state index in [0.29, 0.717) is 22.7 Å². The molecule has 3 heterocycles. The maximum absolute atomic E-state index is 12.0. The first kappa shape index (κ1) is 16.7. The summed E-state index contributed by atoms with van der Waals surface area (Å²) in [5.74, 6) is 0.359. The third-order valence-corrected chi connectivity index (χ3v) is 3.83. The van der Waals surface area contributed by atoms with Gasteiger partial charge in [0.2, 0.25) is 5.82 Å². The summed E-state index contributed by atoms with van der Waals surface area (Å²) in [5.41, 5.74) is 2.47. The van der Waals surface area contributed by atoms with Crippen LogP contribution in [0.15, 0.2) is 45.6 Å². The molecule has 4 aromatic rings. The summed E-state index contributed by atoms with van der Waals surface area (Å²) in [6.45, 7) is 3.71. The molecule has 0 saturated heterocycles. The minimum atomic E-state index is -0.628. The van der Waals surface area contributed by atoms with E-state index < -0.39 is 5.97 Å². The molecule has 0 spiro atoms. The molecule has 0 aliphatic rings.